The second kappa shape index (κ2) is 7.96. The Hall–Kier alpha value is -2.61. The molecule has 0 aliphatic carbocycles. The summed E-state index contributed by atoms with van der Waals surface area (Å²) >= 11 is 0. The summed E-state index contributed by atoms with van der Waals surface area (Å²) in [6, 6.07) is 8.63. The third-order valence-electron chi connectivity index (χ3n) is 4.32. The lowest BCUT2D eigenvalue weighted by atomic mass is 10.1. The highest BCUT2D eigenvalue weighted by Crippen LogP contribution is 2.31. The molecule has 0 bridgehead atoms. The Morgan fingerprint density at radius 1 is 1.11 bits per heavy atom. The first-order valence-corrected chi connectivity index (χ1v) is 8.69. The number of hydrogen-bond acceptors (Lipinski definition) is 4. The molecule has 0 fully saturated rings. The van der Waals surface area contributed by atoms with E-state index in [1.54, 1.807) is 10.7 Å². The highest BCUT2D eigenvalue weighted by atomic mass is 19.4. The second-order valence-corrected chi connectivity index (χ2v) is 6.34. The first kappa shape index (κ1) is 19.2. The van der Waals surface area contributed by atoms with Crippen LogP contribution in [0.4, 0.5) is 13.2 Å². The van der Waals surface area contributed by atoms with Crippen LogP contribution in [0.5, 0.6) is 0 Å². The third kappa shape index (κ3) is 4.97. The topological polar surface area (TPSA) is 47.1 Å². The summed E-state index contributed by atoms with van der Waals surface area (Å²) in [6.07, 6.45) is -1.66. The van der Waals surface area contributed by atoms with E-state index in [-0.39, 0.29) is 0 Å². The lowest BCUT2D eigenvalue weighted by molar-refractivity contribution is -0.137. The maximum Gasteiger partial charge on any atom is 0.416 e. The molecule has 0 unspecified atom stereocenters. The Kier molecular flexibility index (Phi) is 5.65. The van der Waals surface area contributed by atoms with Gasteiger partial charge >= 0.3 is 6.18 Å². The van der Waals surface area contributed by atoms with Gasteiger partial charge in [0, 0.05) is 31.8 Å². The molecule has 27 heavy (non-hydrogen) atoms. The fourth-order valence-electron chi connectivity index (χ4n) is 2.79. The molecule has 0 N–H and O–H groups in total. The van der Waals surface area contributed by atoms with E-state index < -0.39 is 11.7 Å². The van der Waals surface area contributed by atoms with Gasteiger partial charge in [-0.2, -0.15) is 13.2 Å². The van der Waals surface area contributed by atoms with Gasteiger partial charge in [-0.3, -0.25) is 9.58 Å². The fourth-order valence-corrected chi connectivity index (χ4v) is 2.79. The van der Waals surface area contributed by atoms with Crippen molar-refractivity contribution in [1.82, 2.24) is 19.9 Å². The quantitative estimate of drug-likeness (QED) is 0.619. The largest absolute Gasteiger partial charge is 0.460 e. The van der Waals surface area contributed by atoms with E-state index in [0.29, 0.717) is 17.9 Å². The van der Waals surface area contributed by atoms with Crippen LogP contribution in [0.1, 0.15) is 23.9 Å². The molecule has 3 rings (SSSR count). The molecule has 2 heterocycles. The van der Waals surface area contributed by atoms with Crippen molar-refractivity contribution in [3.63, 3.8) is 0 Å². The summed E-state index contributed by atoms with van der Waals surface area (Å²) < 4.78 is 45.5. The zero-order valence-electron chi connectivity index (χ0n) is 15.2. The number of aryl methyl sites for hydroxylation is 1. The van der Waals surface area contributed by atoms with Gasteiger partial charge in [0.25, 0.3) is 0 Å². The van der Waals surface area contributed by atoms with Gasteiger partial charge in [0.15, 0.2) is 0 Å². The first-order valence-electron chi connectivity index (χ1n) is 8.69. The molecule has 8 heteroatoms. The monoisotopic (exact) mass is 378 g/mol. The minimum Gasteiger partial charge on any atom is -0.460 e. The highest BCUT2D eigenvalue weighted by molar-refractivity contribution is 5.58. The van der Waals surface area contributed by atoms with Gasteiger partial charge in [-0.1, -0.05) is 24.3 Å². The van der Waals surface area contributed by atoms with Crippen LogP contribution in [-0.2, 0) is 26.2 Å². The number of benzene rings is 1. The van der Waals surface area contributed by atoms with Crippen molar-refractivity contribution < 1.29 is 17.6 Å². The van der Waals surface area contributed by atoms with Gasteiger partial charge in [0.2, 0.25) is 0 Å². The maximum absolute atomic E-state index is 12.7. The SMILES string of the molecule is CCN(CCc1cn(C)nn1)Cc1ccc(-c2ccc(C(F)(F)F)cc2)o1. The molecule has 0 aliphatic heterocycles. The zero-order chi connectivity index (χ0) is 19.4. The lowest BCUT2D eigenvalue weighted by Gasteiger charge is -2.18. The van der Waals surface area contributed by atoms with E-state index >= 15 is 0 Å². The molecule has 144 valence electrons. The molecule has 1 aromatic carbocycles. The van der Waals surface area contributed by atoms with E-state index in [1.165, 1.54) is 12.1 Å². The number of halogens is 3. The number of likely N-dealkylation sites (N-methyl/N-ethyl adjacent to an activating group) is 1. The van der Waals surface area contributed by atoms with Gasteiger partial charge in [0.05, 0.1) is 17.8 Å². The lowest BCUT2D eigenvalue weighted by Crippen LogP contribution is -2.25. The molecule has 0 amide bonds. The fraction of sp³-hybridized carbons (Fsp3) is 0.368. The summed E-state index contributed by atoms with van der Waals surface area (Å²) in [5, 5.41) is 8.00. The molecular weight excluding hydrogens is 357 g/mol. The zero-order valence-corrected chi connectivity index (χ0v) is 15.2. The van der Waals surface area contributed by atoms with E-state index in [4.69, 9.17) is 4.42 Å². The van der Waals surface area contributed by atoms with Crippen LogP contribution in [0.3, 0.4) is 0 Å². The van der Waals surface area contributed by atoms with Crippen LogP contribution < -0.4 is 0 Å². The van der Waals surface area contributed by atoms with Crippen molar-refractivity contribution in [1.29, 1.82) is 0 Å². The number of alkyl halides is 3. The van der Waals surface area contributed by atoms with E-state index in [1.807, 2.05) is 19.3 Å². The Labute approximate surface area is 155 Å². The van der Waals surface area contributed by atoms with E-state index in [2.05, 4.69) is 22.1 Å². The Bertz CT molecular complexity index is 868. The Morgan fingerprint density at radius 2 is 1.85 bits per heavy atom. The molecule has 0 saturated heterocycles. The number of hydrogen-bond donors (Lipinski definition) is 0. The molecule has 0 atom stereocenters. The highest BCUT2D eigenvalue weighted by Gasteiger charge is 2.30. The van der Waals surface area contributed by atoms with Crippen molar-refractivity contribution in [2.45, 2.75) is 26.1 Å². The van der Waals surface area contributed by atoms with Crippen molar-refractivity contribution in [3.05, 3.63) is 59.6 Å². The average molecular weight is 378 g/mol. The predicted molar refractivity (Wildman–Crippen MR) is 94.8 cm³/mol. The molecule has 0 radical (unpaired) electrons. The number of nitrogens with zero attached hydrogens (tertiary/aromatic N) is 4. The summed E-state index contributed by atoms with van der Waals surface area (Å²) in [5.41, 5.74) is 0.886. The van der Waals surface area contributed by atoms with Gasteiger partial charge in [-0.25, -0.2) is 0 Å². The molecule has 0 aliphatic rings. The third-order valence-corrected chi connectivity index (χ3v) is 4.32. The standard InChI is InChI=1S/C19H21F3N4O/c1-3-26(11-10-16-12-25(2)24-23-16)13-17-8-9-18(27-17)14-4-6-15(7-5-14)19(20,21)22/h4-9,12H,3,10-11,13H2,1-2H3. The molecule has 2 aromatic heterocycles. The smallest absolute Gasteiger partial charge is 0.416 e. The van der Waals surface area contributed by atoms with Crippen molar-refractivity contribution >= 4 is 0 Å². The van der Waals surface area contributed by atoms with Crippen LogP contribution in [-0.4, -0.2) is 33.0 Å². The molecule has 3 aromatic rings. The normalized spacial score (nSPS) is 12.1. The maximum atomic E-state index is 12.7. The van der Waals surface area contributed by atoms with Crippen LogP contribution in [0.25, 0.3) is 11.3 Å². The minimum atomic E-state index is -4.34. The predicted octanol–water partition coefficient (Wildman–Crippen LogP) is 4.16. The van der Waals surface area contributed by atoms with E-state index in [9.17, 15) is 13.2 Å². The van der Waals surface area contributed by atoms with Gasteiger partial charge in [-0.15, -0.1) is 5.10 Å². The van der Waals surface area contributed by atoms with Crippen LogP contribution in [0.2, 0.25) is 0 Å². The van der Waals surface area contributed by atoms with Gasteiger partial charge in [-0.05, 0) is 30.8 Å². The van der Waals surface area contributed by atoms with Crippen molar-refractivity contribution in [2.75, 3.05) is 13.1 Å². The molecular formula is C19H21F3N4O. The van der Waals surface area contributed by atoms with E-state index in [0.717, 1.165) is 43.1 Å². The summed E-state index contributed by atoms with van der Waals surface area (Å²) in [5.74, 6) is 1.33. The molecule has 5 nitrogen and oxygen atoms in total. The van der Waals surface area contributed by atoms with Crippen LogP contribution in [0, 0.1) is 0 Å². The Balaban J connectivity index is 1.62. The van der Waals surface area contributed by atoms with Gasteiger partial charge in [0.1, 0.15) is 11.5 Å². The van der Waals surface area contributed by atoms with Gasteiger partial charge < -0.3 is 4.42 Å². The van der Waals surface area contributed by atoms with Crippen LogP contribution >= 0.6 is 0 Å². The average Bonchev–Trinajstić information content (AvgIpc) is 3.27. The van der Waals surface area contributed by atoms with Crippen molar-refractivity contribution in [3.8, 4) is 11.3 Å². The second-order valence-electron chi connectivity index (χ2n) is 6.34. The number of rotatable bonds is 7. The minimum absolute atomic E-state index is 0.559. The number of furan rings is 1. The number of aromatic nitrogens is 3. The molecule has 0 saturated carbocycles. The summed E-state index contributed by atoms with van der Waals surface area (Å²) in [7, 11) is 1.83. The summed E-state index contributed by atoms with van der Waals surface area (Å²) in [4.78, 5) is 2.21. The molecule has 0 spiro atoms. The first-order chi connectivity index (χ1) is 12.8. The van der Waals surface area contributed by atoms with Crippen LogP contribution in [0.15, 0.2) is 47.0 Å². The summed E-state index contributed by atoms with van der Waals surface area (Å²) in [6.45, 7) is 4.34. The Morgan fingerprint density at radius 3 is 2.44 bits per heavy atom. The van der Waals surface area contributed by atoms with Crippen molar-refractivity contribution in [2.24, 2.45) is 7.05 Å².